The molecule has 3 aliphatic heterocycles. The van der Waals surface area contributed by atoms with Gasteiger partial charge in [-0.2, -0.15) is 0 Å². The minimum Gasteiger partial charge on any atom is -0.459 e. The van der Waals surface area contributed by atoms with Crippen LogP contribution in [0.1, 0.15) is 107 Å². The number of anilines is 1. The van der Waals surface area contributed by atoms with Crippen molar-refractivity contribution in [3.8, 4) is 0 Å². The number of benzene rings is 1. The number of ether oxygens (including phenoxy) is 6. The number of aromatic nitrogens is 3. The minimum atomic E-state index is -1.96. The molecule has 5 N–H and O–H groups in total. The highest BCUT2D eigenvalue weighted by atomic mass is 19.1. The molecule has 18 atom stereocenters. The van der Waals surface area contributed by atoms with Crippen LogP contribution in [-0.4, -0.2) is 178 Å². The maximum Gasteiger partial charge on any atom is 0.309 e. The first kappa shape index (κ1) is 60.2. The van der Waals surface area contributed by atoms with Crippen LogP contribution in [-0.2, 0) is 44.5 Å². The highest BCUT2D eigenvalue weighted by Crippen LogP contribution is 2.46. The van der Waals surface area contributed by atoms with E-state index >= 15 is 0 Å². The lowest BCUT2D eigenvalue weighted by atomic mass is 9.67. The average Bonchev–Trinajstić information content (AvgIpc) is 3.82. The molecule has 0 amide bonds. The second-order valence-corrected chi connectivity index (χ2v) is 21.4. The minimum absolute atomic E-state index is 0.0273. The van der Waals surface area contributed by atoms with Crippen LogP contribution < -0.4 is 5.32 Å². The molecule has 18 nitrogen and oxygen atoms in total. The fourth-order valence-electron chi connectivity index (χ4n) is 11.4. The van der Waals surface area contributed by atoms with Gasteiger partial charge in [0, 0.05) is 82.3 Å². The van der Waals surface area contributed by atoms with Crippen LogP contribution >= 0.6 is 0 Å². The molecule has 3 aliphatic rings. The molecule has 20 heteroatoms. The molecule has 4 heterocycles. The van der Waals surface area contributed by atoms with E-state index in [4.69, 9.17) is 33.3 Å². The standard InChI is InChI=1S/C53H86F2N6O12/c1-14-42-53(10,66)46(63)35(6)44(58-69-25-16-21-54)31(2)28-52(9,68-13)48(33(4)43(34(5)49(65)72-42)41-29-51(8,67-12)47(64)36(7)71-41)73-50-45(62)40(26-32(3)70-50)60(11)24-20-39-30-61(59-57-39)23-17-22-56-38-19-15-18-37(55)27-38/h15,17-19,23,27,30-36,40-43,45-48,50,56,62-64,66H,14,16,20-22,24-26,28-29H2,1-13H3/b23-17-,58-44-/t31-,32-,33+,34-,35+,36+,40+,41-,42-,43?,45-,46-,47+,48-,50+,51-,52-,53-/m1/s1. The normalized spacial score (nSPS) is 38.9. The number of methoxy groups -OCH3 is 2. The zero-order chi connectivity index (χ0) is 54.0. The summed E-state index contributed by atoms with van der Waals surface area (Å²) in [4.78, 5) is 22.5. The van der Waals surface area contributed by atoms with Gasteiger partial charge in [-0.1, -0.05) is 51.1 Å². The highest BCUT2D eigenvalue weighted by Gasteiger charge is 2.56. The molecule has 1 aromatic heterocycles. The van der Waals surface area contributed by atoms with Gasteiger partial charge >= 0.3 is 5.97 Å². The van der Waals surface area contributed by atoms with Gasteiger partial charge in [0.15, 0.2) is 6.29 Å². The Hall–Kier alpha value is -3.70. The SMILES string of the molecule is CC[C@H]1OC(=O)[C@H](C)C([C@H]2C[C@@](C)(OC)[C@@H](O)[C@H](C)O2)[C@H](C)[C@@H](O[C@@H]2O[C@H](C)C[C@H](N(C)CCc3cn(/C=C\CNc4cccc(F)c4)nn3)[C@H]2O)[C@](C)(OC)C[C@@H](C)/C(=N/OCCCF)[C@H](C)[C@@H](O)[C@]1(C)O. The molecule has 3 fully saturated rings. The third-order valence-corrected chi connectivity index (χ3v) is 15.9. The van der Waals surface area contributed by atoms with Crippen LogP contribution in [0.15, 0.2) is 41.7 Å². The number of nitrogens with one attached hydrogen (secondary N) is 1. The van der Waals surface area contributed by atoms with E-state index in [0.717, 1.165) is 5.69 Å². The molecule has 5 rings (SSSR count). The Bertz CT molecular complexity index is 2100. The molecule has 0 aliphatic carbocycles. The van der Waals surface area contributed by atoms with Gasteiger partial charge < -0.3 is 63.9 Å². The van der Waals surface area contributed by atoms with Crippen LogP contribution in [0.4, 0.5) is 14.5 Å². The summed E-state index contributed by atoms with van der Waals surface area (Å²) in [6.45, 7) is 18.1. The number of nitrogens with zero attached hydrogens (tertiary/aromatic N) is 5. The van der Waals surface area contributed by atoms with Crippen LogP contribution in [0, 0.1) is 35.4 Å². The number of halogens is 2. The van der Waals surface area contributed by atoms with E-state index in [1.807, 2.05) is 47.0 Å². The lowest BCUT2D eigenvalue weighted by Gasteiger charge is -2.52. The summed E-state index contributed by atoms with van der Waals surface area (Å²) in [5.41, 5.74) is -2.56. The van der Waals surface area contributed by atoms with Crippen molar-refractivity contribution in [2.45, 2.75) is 186 Å². The molecule has 3 saturated heterocycles. The van der Waals surface area contributed by atoms with Crippen molar-refractivity contribution in [1.82, 2.24) is 19.9 Å². The fourth-order valence-corrected chi connectivity index (χ4v) is 11.4. The van der Waals surface area contributed by atoms with E-state index in [9.17, 15) is 34.0 Å². The number of hydrogen-bond acceptors (Lipinski definition) is 17. The summed E-state index contributed by atoms with van der Waals surface area (Å²) in [5.74, 6) is -4.69. The van der Waals surface area contributed by atoms with E-state index in [0.29, 0.717) is 37.3 Å². The zero-order valence-corrected chi connectivity index (χ0v) is 45.3. The van der Waals surface area contributed by atoms with E-state index in [-0.39, 0.29) is 44.2 Å². The summed E-state index contributed by atoms with van der Waals surface area (Å²) in [5, 5.41) is 64.1. The molecular formula is C53H86F2N6O12. The van der Waals surface area contributed by atoms with Crippen LogP contribution in [0.25, 0.3) is 6.20 Å². The van der Waals surface area contributed by atoms with Gasteiger partial charge in [-0.15, -0.1) is 5.10 Å². The number of aliphatic hydroxyl groups is 4. The molecule has 414 valence electrons. The smallest absolute Gasteiger partial charge is 0.309 e. The van der Waals surface area contributed by atoms with Crippen LogP contribution in [0.5, 0.6) is 0 Å². The summed E-state index contributed by atoms with van der Waals surface area (Å²) in [7, 11) is 5.01. The summed E-state index contributed by atoms with van der Waals surface area (Å²) in [6.07, 6.45) is -1.78. The molecule has 0 spiro atoms. The Labute approximate surface area is 431 Å². The molecule has 0 saturated carbocycles. The summed E-state index contributed by atoms with van der Waals surface area (Å²) in [6, 6.07) is 5.80. The van der Waals surface area contributed by atoms with Crippen molar-refractivity contribution < 1.29 is 67.3 Å². The van der Waals surface area contributed by atoms with Crippen molar-refractivity contribution in [2.75, 3.05) is 53.0 Å². The second-order valence-electron chi connectivity index (χ2n) is 21.4. The van der Waals surface area contributed by atoms with Crippen LogP contribution in [0.3, 0.4) is 0 Å². The maximum atomic E-state index is 14.8. The lowest BCUT2D eigenvalue weighted by Crippen LogP contribution is -2.62. The fraction of sp³-hybridized carbons (Fsp3) is 0.774. The Balaban J connectivity index is 1.50. The zero-order valence-electron chi connectivity index (χ0n) is 45.3. The van der Waals surface area contributed by atoms with Gasteiger partial charge in [-0.05, 0) is 91.1 Å². The molecule has 0 radical (unpaired) electrons. The van der Waals surface area contributed by atoms with Crippen molar-refractivity contribution in [1.29, 1.82) is 0 Å². The number of esters is 1. The first-order chi connectivity index (χ1) is 34.4. The Kier molecular flexibility index (Phi) is 21.7. The van der Waals surface area contributed by atoms with Crippen LogP contribution in [0.2, 0.25) is 0 Å². The number of cyclic esters (lactones) is 1. The molecule has 1 unspecified atom stereocenters. The average molecular weight is 1040 g/mol. The number of likely N-dealkylation sites (N-methyl/N-ethyl adjacent to an activating group) is 1. The Morgan fingerprint density at radius 2 is 1.73 bits per heavy atom. The molecule has 1 aromatic carbocycles. The van der Waals surface area contributed by atoms with E-state index < -0.39 is 114 Å². The lowest BCUT2D eigenvalue weighted by molar-refractivity contribution is -0.305. The first-order valence-corrected chi connectivity index (χ1v) is 26.0. The van der Waals surface area contributed by atoms with Crippen molar-refractivity contribution in [3.63, 3.8) is 0 Å². The quantitative estimate of drug-likeness (QED) is 0.0677. The van der Waals surface area contributed by atoms with E-state index in [1.165, 1.54) is 26.2 Å². The number of carbonyl (C=O) groups excluding carboxylic acids is 1. The molecule has 2 aromatic rings. The van der Waals surface area contributed by atoms with Gasteiger partial charge in [-0.3, -0.25) is 9.18 Å². The van der Waals surface area contributed by atoms with Gasteiger partial charge in [-0.25, -0.2) is 9.07 Å². The van der Waals surface area contributed by atoms with Crippen molar-refractivity contribution >= 4 is 23.6 Å². The maximum absolute atomic E-state index is 14.8. The van der Waals surface area contributed by atoms with E-state index in [1.54, 1.807) is 64.7 Å². The topological polar surface area (TPSA) is 221 Å². The number of hydrogen-bond donors (Lipinski definition) is 5. The number of carbonyl (C=O) groups is 1. The number of oxime groups is 1. The van der Waals surface area contributed by atoms with Crippen molar-refractivity contribution in [3.05, 3.63) is 48.0 Å². The Morgan fingerprint density at radius 1 is 1.01 bits per heavy atom. The first-order valence-electron chi connectivity index (χ1n) is 26.0. The van der Waals surface area contributed by atoms with E-state index in [2.05, 4.69) is 25.7 Å². The van der Waals surface area contributed by atoms with Gasteiger partial charge in [0.1, 0.15) is 36.3 Å². The predicted octanol–water partition coefficient (Wildman–Crippen LogP) is 5.80. The number of aliphatic hydroxyl groups excluding tert-OH is 3. The largest absolute Gasteiger partial charge is 0.459 e. The summed E-state index contributed by atoms with van der Waals surface area (Å²) >= 11 is 0. The highest BCUT2D eigenvalue weighted by molar-refractivity contribution is 5.88. The second kappa shape index (κ2) is 26.4. The van der Waals surface area contributed by atoms with Gasteiger partial charge in [0.05, 0.1) is 71.9 Å². The predicted molar refractivity (Wildman–Crippen MR) is 272 cm³/mol. The van der Waals surface area contributed by atoms with Gasteiger partial charge in [0.2, 0.25) is 0 Å². The van der Waals surface area contributed by atoms with Gasteiger partial charge in [0.25, 0.3) is 0 Å². The molecule has 0 bridgehead atoms. The number of alkyl halides is 1. The third-order valence-electron chi connectivity index (χ3n) is 15.9. The molecular weight excluding hydrogens is 951 g/mol. The molecule has 73 heavy (non-hydrogen) atoms. The number of rotatable bonds is 18. The third kappa shape index (κ3) is 14.6. The summed E-state index contributed by atoms with van der Waals surface area (Å²) < 4.78 is 67.6. The Morgan fingerprint density at radius 3 is 2.38 bits per heavy atom. The van der Waals surface area contributed by atoms with Crippen molar-refractivity contribution in [2.24, 2.45) is 34.7 Å². The monoisotopic (exact) mass is 1040 g/mol.